The maximum Gasteiger partial charge on any atom is 0.123 e. The lowest BCUT2D eigenvalue weighted by atomic mass is 10.1. The average molecular weight is 310 g/mol. The summed E-state index contributed by atoms with van der Waals surface area (Å²) in [6.07, 6.45) is 2.21. The van der Waals surface area contributed by atoms with E-state index in [0.717, 1.165) is 25.2 Å². The van der Waals surface area contributed by atoms with Crippen molar-refractivity contribution < 1.29 is 4.39 Å². The Hall–Kier alpha value is -2.13. The van der Waals surface area contributed by atoms with E-state index in [1.54, 1.807) is 0 Å². The van der Waals surface area contributed by atoms with E-state index in [4.69, 9.17) is 0 Å². The first-order valence-corrected chi connectivity index (χ1v) is 8.15. The molecule has 0 bridgehead atoms. The molecule has 0 unspecified atom stereocenters. The van der Waals surface area contributed by atoms with Crippen LogP contribution < -0.4 is 5.32 Å². The average Bonchev–Trinajstić information content (AvgIpc) is 2.88. The molecule has 0 fully saturated rings. The molecule has 0 atom stereocenters. The quantitative estimate of drug-likeness (QED) is 0.705. The highest BCUT2D eigenvalue weighted by Crippen LogP contribution is 2.22. The molecule has 2 aromatic carbocycles. The van der Waals surface area contributed by atoms with Crippen LogP contribution >= 0.6 is 0 Å². The molecule has 23 heavy (non-hydrogen) atoms. The van der Waals surface area contributed by atoms with E-state index < -0.39 is 0 Å². The largest absolute Gasteiger partial charge is 0.343 e. The summed E-state index contributed by atoms with van der Waals surface area (Å²) in [7, 11) is 0. The molecule has 0 amide bonds. The molecule has 0 radical (unpaired) electrons. The van der Waals surface area contributed by atoms with Crippen LogP contribution in [0.25, 0.3) is 10.9 Å². The summed E-state index contributed by atoms with van der Waals surface area (Å²) in [5, 5.41) is 4.80. The van der Waals surface area contributed by atoms with Gasteiger partial charge in [-0.1, -0.05) is 44.2 Å². The van der Waals surface area contributed by atoms with E-state index in [-0.39, 0.29) is 5.82 Å². The van der Waals surface area contributed by atoms with Gasteiger partial charge in [0.25, 0.3) is 0 Å². The van der Waals surface area contributed by atoms with E-state index in [1.165, 1.54) is 28.6 Å². The van der Waals surface area contributed by atoms with E-state index in [9.17, 15) is 4.39 Å². The van der Waals surface area contributed by atoms with Gasteiger partial charge in [-0.2, -0.15) is 0 Å². The number of halogens is 1. The van der Waals surface area contributed by atoms with Crippen molar-refractivity contribution >= 4 is 10.9 Å². The van der Waals surface area contributed by atoms with Crippen molar-refractivity contribution in [3.8, 4) is 0 Å². The molecule has 0 aliphatic rings. The fourth-order valence-corrected chi connectivity index (χ4v) is 2.88. The molecule has 1 aromatic heterocycles. The lowest BCUT2D eigenvalue weighted by Crippen LogP contribution is -2.18. The minimum atomic E-state index is -0.190. The van der Waals surface area contributed by atoms with E-state index >= 15 is 0 Å². The first-order valence-electron chi connectivity index (χ1n) is 8.15. The smallest absolute Gasteiger partial charge is 0.123 e. The van der Waals surface area contributed by atoms with Gasteiger partial charge >= 0.3 is 0 Å². The van der Waals surface area contributed by atoms with Gasteiger partial charge in [0.05, 0.1) is 0 Å². The summed E-state index contributed by atoms with van der Waals surface area (Å²) in [5.41, 5.74) is 3.63. The van der Waals surface area contributed by atoms with Crippen molar-refractivity contribution in [1.82, 2.24) is 9.88 Å². The zero-order valence-corrected chi connectivity index (χ0v) is 13.7. The van der Waals surface area contributed by atoms with Crippen LogP contribution in [0.1, 0.15) is 25.0 Å². The van der Waals surface area contributed by atoms with Gasteiger partial charge in [-0.05, 0) is 41.8 Å². The molecule has 0 saturated heterocycles. The Balaban J connectivity index is 1.86. The number of hydrogen-bond acceptors (Lipinski definition) is 1. The first-order chi connectivity index (χ1) is 11.1. The van der Waals surface area contributed by atoms with Gasteiger partial charge in [0.1, 0.15) is 5.82 Å². The standard InChI is InChI=1S/C20H23FN2/c1-15(2)11-22-12-17-14-23(20-6-4-3-5-19(17)20)13-16-7-9-18(21)10-8-16/h3-10,14-15,22H,11-13H2,1-2H3. The first kappa shape index (κ1) is 15.8. The summed E-state index contributed by atoms with van der Waals surface area (Å²) >= 11 is 0. The van der Waals surface area contributed by atoms with Gasteiger partial charge in [0, 0.05) is 30.2 Å². The Morgan fingerprint density at radius 2 is 1.78 bits per heavy atom. The van der Waals surface area contributed by atoms with Gasteiger partial charge in [0.15, 0.2) is 0 Å². The molecule has 3 heteroatoms. The predicted octanol–water partition coefficient (Wildman–Crippen LogP) is 4.57. The second-order valence-corrected chi connectivity index (χ2v) is 6.45. The normalized spacial score (nSPS) is 11.5. The van der Waals surface area contributed by atoms with Crippen molar-refractivity contribution in [2.24, 2.45) is 5.92 Å². The molecule has 2 nitrogen and oxygen atoms in total. The molecule has 1 N–H and O–H groups in total. The van der Waals surface area contributed by atoms with Crippen LogP contribution in [-0.2, 0) is 13.1 Å². The molecule has 3 rings (SSSR count). The third-order valence-electron chi connectivity index (χ3n) is 4.01. The third kappa shape index (κ3) is 3.80. The van der Waals surface area contributed by atoms with Crippen LogP contribution in [0.5, 0.6) is 0 Å². The Morgan fingerprint density at radius 3 is 2.52 bits per heavy atom. The van der Waals surface area contributed by atoms with Crippen molar-refractivity contribution in [2.45, 2.75) is 26.9 Å². The van der Waals surface area contributed by atoms with Crippen LogP contribution in [0.4, 0.5) is 4.39 Å². The molecule has 120 valence electrons. The fourth-order valence-electron chi connectivity index (χ4n) is 2.88. The number of aromatic nitrogens is 1. The Morgan fingerprint density at radius 1 is 1.04 bits per heavy atom. The predicted molar refractivity (Wildman–Crippen MR) is 94.0 cm³/mol. The lowest BCUT2D eigenvalue weighted by Gasteiger charge is -2.06. The summed E-state index contributed by atoms with van der Waals surface area (Å²) < 4.78 is 15.3. The Bertz CT molecular complexity index is 772. The number of para-hydroxylation sites is 1. The minimum Gasteiger partial charge on any atom is -0.343 e. The SMILES string of the molecule is CC(C)CNCc1cn(Cc2ccc(F)cc2)c2ccccc12. The van der Waals surface area contributed by atoms with Crippen molar-refractivity contribution in [3.63, 3.8) is 0 Å². The highest BCUT2D eigenvalue weighted by molar-refractivity contribution is 5.84. The maximum atomic E-state index is 13.1. The molecular formula is C20H23FN2. The number of rotatable bonds is 6. The van der Waals surface area contributed by atoms with Gasteiger partial charge < -0.3 is 9.88 Å². The van der Waals surface area contributed by atoms with Crippen LogP contribution in [-0.4, -0.2) is 11.1 Å². The topological polar surface area (TPSA) is 17.0 Å². The van der Waals surface area contributed by atoms with Crippen LogP contribution in [0.15, 0.2) is 54.7 Å². The number of nitrogens with zero attached hydrogens (tertiary/aromatic N) is 1. The van der Waals surface area contributed by atoms with Crippen LogP contribution in [0.2, 0.25) is 0 Å². The maximum absolute atomic E-state index is 13.1. The van der Waals surface area contributed by atoms with Crippen molar-refractivity contribution in [3.05, 3.63) is 71.7 Å². The second kappa shape index (κ2) is 6.97. The van der Waals surface area contributed by atoms with Crippen LogP contribution in [0.3, 0.4) is 0 Å². The monoisotopic (exact) mass is 310 g/mol. The Kier molecular flexibility index (Phi) is 4.77. The molecule has 0 aliphatic heterocycles. The van der Waals surface area contributed by atoms with E-state index in [1.807, 2.05) is 12.1 Å². The highest BCUT2D eigenvalue weighted by atomic mass is 19.1. The summed E-state index contributed by atoms with van der Waals surface area (Å²) in [4.78, 5) is 0. The van der Waals surface area contributed by atoms with Crippen LogP contribution in [0, 0.1) is 11.7 Å². The van der Waals surface area contributed by atoms with Gasteiger partial charge in [-0.15, -0.1) is 0 Å². The van der Waals surface area contributed by atoms with E-state index in [0.29, 0.717) is 5.92 Å². The molecular weight excluding hydrogens is 287 g/mol. The van der Waals surface area contributed by atoms with Gasteiger partial charge in [0.2, 0.25) is 0 Å². The molecule has 0 saturated carbocycles. The third-order valence-corrected chi connectivity index (χ3v) is 4.01. The fraction of sp³-hybridized carbons (Fsp3) is 0.300. The molecule has 0 spiro atoms. The number of fused-ring (bicyclic) bond motifs is 1. The van der Waals surface area contributed by atoms with Gasteiger partial charge in [-0.25, -0.2) is 4.39 Å². The van der Waals surface area contributed by atoms with Crippen molar-refractivity contribution in [2.75, 3.05) is 6.54 Å². The summed E-state index contributed by atoms with van der Waals surface area (Å²) in [6.45, 7) is 7.06. The Labute approximate surface area is 136 Å². The zero-order chi connectivity index (χ0) is 16.2. The summed E-state index contributed by atoms with van der Waals surface area (Å²) in [6, 6.07) is 15.2. The number of nitrogens with one attached hydrogen (secondary N) is 1. The number of benzene rings is 2. The van der Waals surface area contributed by atoms with Gasteiger partial charge in [-0.3, -0.25) is 0 Å². The second-order valence-electron chi connectivity index (χ2n) is 6.45. The summed E-state index contributed by atoms with van der Waals surface area (Å²) in [5.74, 6) is 0.451. The molecule has 3 aromatic rings. The zero-order valence-electron chi connectivity index (χ0n) is 13.7. The molecule has 0 aliphatic carbocycles. The molecule has 1 heterocycles. The number of hydrogen-bond donors (Lipinski definition) is 1. The minimum absolute atomic E-state index is 0.190. The van der Waals surface area contributed by atoms with Crippen molar-refractivity contribution in [1.29, 1.82) is 0 Å². The van der Waals surface area contributed by atoms with E-state index in [2.05, 4.69) is 54.2 Å². The lowest BCUT2D eigenvalue weighted by molar-refractivity contribution is 0.553. The highest BCUT2D eigenvalue weighted by Gasteiger charge is 2.08.